The molecule has 5 heteroatoms. The van der Waals surface area contributed by atoms with Crippen molar-refractivity contribution in [1.82, 2.24) is 5.32 Å². The maximum atomic E-state index is 13.2. The molecule has 2 aromatic carbocycles. The van der Waals surface area contributed by atoms with Crippen LogP contribution in [-0.2, 0) is 0 Å². The first-order valence-electron chi connectivity index (χ1n) is 6.71. The molecular formula is C16H16FNO2S. The van der Waals surface area contributed by atoms with E-state index in [-0.39, 0.29) is 18.7 Å². The second kappa shape index (κ2) is 6.37. The Hall–Kier alpha value is -1.72. The van der Waals surface area contributed by atoms with Crippen LogP contribution in [-0.4, -0.2) is 19.6 Å². The van der Waals surface area contributed by atoms with Crippen molar-refractivity contribution in [2.75, 3.05) is 19.6 Å². The van der Waals surface area contributed by atoms with Crippen molar-refractivity contribution in [3.05, 3.63) is 53.8 Å². The standard InChI is InChI=1S/C16H16FNO2S/c1-18-14(9-21-13-4-2-3-12(17)8-13)11-5-6-15-16(7-11)20-10-19-15/h2-8,14,18H,9-10H2,1H3. The van der Waals surface area contributed by atoms with Crippen LogP contribution in [0.2, 0.25) is 0 Å². The lowest BCUT2D eigenvalue weighted by atomic mass is 10.1. The van der Waals surface area contributed by atoms with Crippen molar-refractivity contribution in [3.63, 3.8) is 0 Å². The van der Waals surface area contributed by atoms with Crippen LogP contribution in [0.5, 0.6) is 11.5 Å². The molecule has 0 aliphatic carbocycles. The molecule has 21 heavy (non-hydrogen) atoms. The molecule has 0 bridgehead atoms. The van der Waals surface area contributed by atoms with E-state index in [1.54, 1.807) is 23.9 Å². The van der Waals surface area contributed by atoms with Crippen molar-refractivity contribution in [3.8, 4) is 11.5 Å². The van der Waals surface area contributed by atoms with Gasteiger partial charge in [-0.3, -0.25) is 0 Å². The molecule has 1 aliphatic rings. The first-order chi connectivity index (χ1) is 10.3. The summed E-state index contributed by atoms with van der Waals surface area (Å²) < 4.78 is 23.9. The highest BCUT2D eigenvalue weighted by molar-refractivity contribution is 7.99. The highest BCUT2D eigenvalue weighted by Gasteiger charge is 2.17. The van der Waals surface area contributed by atoms with Crippen LogP contribution in [0, 0.1) is 5.82 Å². The van der Waals surface area contributed by atoms with Gasteiger partial charge in [0, 0.05) is 16.7 Å². The van der Waals surface area contributed by atoms with Gasteiger partial charge in [-0.2, -0.15) is 0 Å². The SMILES string of the molecule is CNC(CSc1cccc(F)c1)c1ccc2c(c1)OCO2. The van der Waals surface area contributed by atoms with Gasteiger partial charge >= 0.3 is 0 Å². The van der Waals surface area contributed by atoms with Crippen molar-refractivity contribution >= 4 is 11.8 Å². The largest absolute Gasteiger partial charge is 0.454 e. The van der Waals surface area contributed by atoms with Gasteiger partial charge in [0.15, 0.2) is 11.5 Å². The van der Waals surface area contributed by atoms with Gasteiger partial charge in [0.2, 0.25) is 6.79 Å². The minimum absolute atomic E-state index is 0.160. The minimum Gasteiger partial charge on any atom is -0.454 e. The first kappa shape index (κ1) is 14.2. The molecule has 3 nitrogen and oxygen atoms in total. The van der Waals surface area contributed by atoms with Crippen LogP contribution in [0.1, 0.15) is 11.6 Å². The van der Waals surface area contributed by atoms with Gasteiger partial charge in [0.05, 0.1) is 0 Å². The molecule has 1 heterocycles. The summed E-state index contributed by atoms with van der Waals surface area (Å²) in [5.74, 6) is 2.17. The van der Waals surface area contributed by atoms with Gasteiger partial charge < -0.3 is 14.8 Å². The summed E-state index contributed by atoms with van der Waals surface area (Å²) in [5.41, 5.74) is 1.13. The highest BCUT2D eigenvalue weighted by atomic mass is 32.2. The van der Waals surface area contributed by atoms with Crippen LogP contribution in [0.4, 0.5) is 4.39 Å². The Morgan fingerprint density at radius 2 is 2.05 bits per heavy atom. The lowest BCUT2D eigenvalue weighted by Gasteiger charge is -2.16. The van der Waals surface area contributed by atoms with Crippen molar-refractivity contribution in [1.29, 1.82) is 0 Å². The number of hydrogen-bond acceptors (Lipinski definition) is 4. The topological polar surface area (TPSA) is 30.5 Å². The molecule has 1 atom stereocenters. The van der Waals surface area contributed by atoms with E-state index in [1.165, 1.54) is 6.07 Å². The van der Waals surface area contributed by atoms with E-state index in [0.29, 0.717) is 0 Å². The predicted octanol–water partition coefficient (Wildman–Crippen LogP) is 3.61. The van der Waals surface area contributed by atoms with E-state index in [1.807, 2.05) is 31.3 Å². The lowest BCUT2D eigenvalue weighted by Crippen LogP contribution is -2.18. The fraction of sp³-hybridized carbons (Fsp3) is 0.250. The fourth-order valence-corrected chi connectivity index (χ4v) is 3.30. The lowest BCUT2D eigenvalue weighted by molar-refractivity contribution is 0.174. The molecule has 0 amide bonds. The van der Waals surface area contributed by atoms with Gasteiger partial charge in [0.1, 0.15) is 5.82 Å². The summed E-state index contributed by atoms with van der Waals surface area (Å²) in [7, 11) is 1.92. The number of rotatable bonds is 5. The molecule has 1 unspecified atom stereocenters. The van der Waals surface area contributed by atoms with E-state index < -0.39 is 0 Å². The van der Waals surface area contributed by atoms with Gasteiger partial charge in [-0.25, -0.2) is 4.39 Å². The zero-order valence-corrected chi connectivity index (χ0v) is 12.5. The van der Waals surface area contributed by atoms with Crippen molar-refractivity contribution < 1.29 is 13.9 Å². The van der Waals surface area contributed by atoms with E-state index >= 15 is 0 Å². The molecule has 0 radical (unpaired) electrons. The van der Waals surface area contributed by atoms with E-state index in [4.69, 9.17) is 9.47 Å². The molecule has 0 saturated carbocycles. The summed E-state index contributed by atoms with van der Waals surface area (Å²) in [6, 6.07) is 12.8. The number of halogens is 1. The molecule has 110 valence electrons. The zero-order valence-electron chi connectivity index (χ0n) is 11.6. The fourth-order valence-electron chi connectivity index (χ4n) is 2.21. The Morgan fingerprint density at radius 1 is 1.19 bits per heavy atom. The quantitative estimate of drug-likeness (QED) is 0.855. The maximum absolute atomic E-state index is 13.2. The number of fused-ring (bicyclic) bond motifs is 1. The summed E-state index contributed by atoms with van der Waals surface area (Å²) >= 11 is 1.62. The third kappa shape index (κ3) is 3.31. The minimum atomic E-state index is -0.205. The number of nitrogens with one attached hydrogen (secondary N) is 1. The average Bonchev–Trinajstić information content (AvgIpc) is 2.95. The number of thioether (sulfide) groups is 1. The van der Waals surface area contributed by atoms with E-state index in [2.05, 4.69) is 5.32 Å². The molecule has 0 aromatic heterocycles. The zero-order chi connectivity index (χ0) is 14.7. The monoisotopic (exact) mass is 305 g/mol. The Bertz CT molecular complexity index is 635. The van der Waals surface area contributed by atoms with Crippen molar-refractivity contribution in [2.45, 2.75) is 10.9 Å². The summed E-state index contributed by atoms with van der Waals surface area (Å²) in [6.07, 6.45) is 0. The Kier molecular flexibility index (Phi) is 4.31. The van der Waals surface area contributed by atoms with Crippen LogP contribution >= 0.6 is 11.8 Å². The molecule has 0 spiro atoms. The number of hydrogen-bond donors (Lipinski definition) is 1. The highest BCUT2D eigenvalue weighted by Crippen LogP contribution is 2.35. The summed E-state index contributed by atoms with van der Waals surface area (Å²) in [4.78, 5) is 0.927. The molecule has 3 rings (SSSR count). The molecule has 0 saturated heterocycles. The van der Waals surface area contributed by atoms with Crippen LogP contribution in [0.15, 0.2) is 47.4 Å². The van der Waals surface area contributed by atoms with Gasteiger partial charge in [0.25, 0.3) is 0 Å². The molecule has 1 N–H and O–H groups in total. The second-order valence-electron chi connectivity index (χ2n) is 4.72. The van der Waals surface area contributed by atoms with Gasteiger partial charge in [-0.1, -0.05) is 12.1 Å². The molecule has 2 aromatic rings. The molecular weight excluding hydrogens is 289 g/mol. The maximum Gasteiger partial charge on any atom is 0.231 e. The van der Waals surface area contributed by atoms with E-state index in [0.717, 1.165) is 27.7 Å². The Balaban J connectivity index is 1.70. The van der Waals surface area contributed by atoms with Crippen LogP contribution < -0.4 is 14.8 Å². The summed E-state index contributed by atoms with van der Waals surface area (Å²) in [5, 5.41) is 3.28. The molecule has 0 fully saturated rings. The first-order valence-corrected chi connectivity index (χ1v) is 7.70. The predicted molar refractivity (Wildman–Crippen MR) is 81.5 cm³/mol. The number of benzene rings is 2. The summed E-state index contributed by atoms with van der Waals surface area (Å²) in [6.45, 7) is 0.279. The Labute approximate surface area is 127 Å². The number of ether oxygens (including phenoxy) is 2. The van der Waals surface area contributed by atoms with E-state index in [9.17, 15) is 4.39 Å². The van der Waals surface area contributed by atoms with Gasteiger partial charge in [-0.05, 0) is 42.9 Å². The molecule has 1 aliphatic heterocycles. The van der Waals surface area contributed by atoms with Crippen LogP contribution in [0.25, 0.3) is 0 Å². The smallest absolute Gasteiger partial charge is 0.231 e. The average molecular weight is 305 g/mol. The van der Waals surface area contributed by atoms with Crippen LogP contribution in [0.3, 0.4) is 0 Å². The second-order valence-corrected chi connectivity index (χ2v) is 5.82. The van der Waals surface area contributed by atoms with Gasteiger partial charge in [-0.15, -0.1) is 11.8 Å². The van der Waals surface area contributed by atoms with Crippen molar-refractivity contribution in [2.24, 2.45) is 0 Å². The normalized spacial score (nSPS) is 14.2. The Morgan fingerprint density at radius 3 is 2.86 bits per heavy atom. The third-order valence-electron chi connectivity index (χ3n) is 3.36. The third-order valence-corrected chi connectivity index (χ3v) is 4.45.